The van der Waals surface area contributed by atoms with Gasteiger partial charge in [-0.1, -0.05) is 5.92 Å². The Morgan fingerprint density at radius 2 is 1.90 bits per heavy atom. The first-order valence-electron chi connectivity index (χ1n) is 16.3. The molecule has 51 heavy (non-hydrogen) atoms. The van der Waals surface area contributed by atoms with Crippen LogP contribution in [0.15, 0.2) is 29.6 Å². The van der Waals surface area contributed by atoms with Gasteiger partial charge in [0.15, 0.2) is 5.65 Å². The predicted molar refractivity (Wildman–Crippen MR) is 183 cm³/mol. The van der Waals surface area contributed by atoms with Crippen molar-refractivity contribution in [1.82, 2.24) is 29.4 Å². The van der Waals surface area contributed by atoms with Gasteiger partial charge in [-0.2, -0.15) is 18.3 Å². The Balaban J connectivity index is 1.35. The van der Waals surface area contributed by atoms with E-state index in [0.717, 1.165) is 25.9 Å². The third-order valence-electron chi connectivity index (χ3n) is 7.69. The smallest absolute Gasteiger partial charge is 0.447 e. The number of thioether (sulfide) groups is 1. The molecule has 18 heteroatoms. The van der Waals surface area contributed by atoms with Gasteiger partial charge >= 0.3 is 17.6 Å². The summed E-state index contributed by atoms with van der Waals surface area (Å²) in [5, 5.41) is 19.1. The second-order valence-corrected chi connectivity index (χ2v) is 13.8. The summed E-state index contributed by atoms with van der Waals surface area (Å²) in [5.74, 6) is 4.59. The van der Waals surface area contributed by atoms with Crippen molar-refractivity contribution in [2.45, 2.75) is 62.3 Å². The molecule has 1 aliphatic heterocycles. The van der Waals surface area contributed by atoms with Gasteiger partial charge < -0.3 is 39.6 Å². The number of anilines is 1. The van der Waals surface area contributed by atoms with Crippen LogP contribution in [0.2, 0.25) is 0 Å². The van der Waals surface area contributed by atoms with Crippen molar-refractivity contribution in [2.24, 2.45) is 5.92 Å². The summed E-state index contributed by atoms with van der Waals surface area (Å²) in [6.45, 7) is 8.44. The van der Waals surface area contributed by atoms with E-state index in [1.165, 1.54) is 28.6 Å². The van der Waals surface area contributed by atoms with E-state index in [4.69, 9.17) is 18.9 Å². The zero-order valence-corrected chi connectivity index (χ0v) is 30.0. The first-order chi connectivity index (χ1) is 24.1. The van der Waals surface area contributed by atoms with Crippen molar-refractivity contribution < 1.29 is 46.8 Å². The number of fused-ring (bicyclic) bond motifs is 1. The number of aromatic nitrogens is 4. The van der Waals surface area contributed by atoms with Crippen LogP contribution in [0, 0.1) is 17.8 Å². The number of aromatic carboxylic acids is 1. The number of halogens is 3. The number of methoxy groups -OCH3 is 1. The first-order valence-corrected chi connectivity index (χ1v) is 17.1. The minimum atomic E-state index is -4.58. The number of piperidine rings is 1. The van der Waals surface area contributed by atoms with E-state index >= 15 is 0 Å². The summed E-state index contributed by atoms with van der Waals surface area (Å²) in [4.78, 5) is 29.9. The molecule has 14 nitrogen and oxygen atoms in total. The molecule has 4 rings (SSSR count). The third kappa shape index (κ3) is 11.9. The SMILES string of the molecule is COc1c(C(=O)O)cnn1CCOCCOCC[C@H]1CN(C)CC[C@@H]1Nc1cccn2c(SC(F)(F)F)c(C#CCNC(=O)OC(C)(C)C)nc12. The lowest BCUT2D eigenvalue weighted by Gasteiger charge is -2.37. The van der Waals surface area contributed by atoms with E-state index < -0.39 is 23.2 Å². The highest BCUT2D eigenvalue weighted by Crippen LogP contribution is 2.40. The molecular weight excluding hydrogens is 695 g/mol. The average molecular weight is 740 g/mol. The molecule has 0 spiro atoms. The van der Waals surface area contributed by atoms with Crippen molar-refractivity contribution in [3.8, 4) is 17.7 Å². The Morgan fingerprint density at radius 1 is 1.16 bits per heavy atom. The van der Waals surface area contributed by atoms with Crippen LogP contribution < -0.4 is 15.4 Å². The highest BCUT2D eigenvalue weighted by atomic mass is 32.2. The molecule has 0 radical (unpaired) electrons. The van der Waals surface area contributed by atoms with Gasteiger partial charge in [0, 0.05) is 37.2 Å². The van der Waals surface area contributed by atoms with Crippen LogP contribution in [-0.2, 0) is 20.8 Å². The predicted octanol–water partition coefficient (Wildman–Crippen LogP) is 4.58. The molecule has 3 aromatic heterocycles. The first kappa shape index (κ1) is 39.6. The minimum absolute atomic E-state index is 0.00924. The minimum Gasteiger partial charge on any atom is -0.481 e. The maximum atomic E-state index is 13.6. The Kier molecular flexibility index (Phi) is 13.9. The molecule has 280 valence electrons. The highest BCUT2D eigenvalue weighted by molar-refractivity contribution is 8.00. The van der Waals surface area contributed by atoms with E-state index in [1.54, 1.807) is 32.9 Å². The van der Waals surface area contributed by atoms with Crippen LogP contribution in [-0.4, -0.2) is 119 Å². The Morgan fingerprint density at radius 3 is 2.59 bits per heavy atom. The van der Waals surface area contributed by atoms with E-state index in [9.17, 15) is 27.9 Å². The molecular formula is C33H44F3N7O7S. The lowest BCUT2D eigenvalue weighted by atomic mass is 9.89. The van der Waals surface area contributed by atoms with E-state index in [2.05, 4.69) is 37.5 Å². The van der Waals surface area contributed by atoms with Crippen LogP contribution in [0.25, 0.3) is 5.65 Å². The zero-order chi connectivity index (χ0) is 37.2. The Bertz CT molecular complexity index is 1700. The second-order valence-electron chi connectivity index (χ2n) is 12.8. The summed E-state index contributed by atoms with van der Waals surface area (Å²) in [5.41, 5.74) is -4.46. The molecule has 3 aromatic rings. The van der Waals surface area contributed by atoms with Crippen molar-refractivity contribution in [3.63, 3.8) is 0 Å². The number of pyridine rings is 1. The largest absolute Gasteiger partial charge is 0.481 e. The maximum Gasteiger partial charge on any atom is 0.447 e. The number of amides is 1. The fourth-order valence-corrected chi connectivity index (χ4v) is 6.16. The van der Waals surface area contributed by atoms with Gasteiger partial charge in [0.05, 0.1) is 51.9 Å². The van der Waals surface area contributed by atoms with Crippen molar-refractivity contribution in [2.75, 3.05) is 65.5 Å². The van der Waals surface area contributed by atoms with Gasteiger partial charge in [-0.05, 0) is 71.2 Å². The van der Waals surface area contributed by atoms with Gasteiger partial charge in [-0.25, -0.2) is 19.3 Å². The van der Waals surface area contributed by atoms with Crippen molar-refractivity contribution in [3.05, 3.63) is 35.8 Å². The second kappa shape index (κ2) is 17.8. The number of rotatable bonds is 15. The van der Waals surface area contributed by atoms with Crippen LogP contribution >= 0.6 is 11.8 Å². The van der Waals surface area contributed by atoms with Crippen molar-refractivity contribution in [1.29, 1.82) is 0 Å². The summed E-state index contributed by atoms with van der Waals surface area (Å²) >= 11 is -0.292. The number of hydrogen-bond donors (Lipinski definition) is 3. The summed E-state index contributed by atoms with van der Waals surface area (Å²) in [6.07, 6.45) is 3.61. The zero-order valence-electron chi connectivity index (χ0n) is 29.2. The number of ether oxygens (including phenoxy) is 4. The lowest BCUT2D eigenvalue weighted by Crippen LogP contribution is -2.45. The molecule has 0 bridgehead atoms. The summed E-state index contributed by atoms with van der Waals surface area (Å²) < 4.78 is 65.5. The van der Waals surface area contributed by atoms with Gasteiger partial charge in [-0.3, -0.25) is 4.40 Å². The van der Waals surface area contributed by atoms with Gasteiger partial charge in [0.1, 0.15) is 21.9 Å². The Labute approximate surface area is 298 Å². The van der Waals surface area contributed by atoms with E-state index in [1.807, 2.05) is 7.05 Å². The number of carbonyl (C=O) groups is 2. The summed E-state index contributed by atoms with van der Waals surface area (Å²) in [7, 11) is 3.43. The number of carboxylic acids is 1. The highest BCUT2D eigenvalue weighted by Gasteiger charge is 2.34. The van der Waals surface area contributed by atoms with Crippen molar-refractivity contribution >= 4 is 35.2 Å². The topological polar surface area (TPSA) is 154 Å². The third-order valence-corrected chi connectivity index (χ3v) is 8.51. The monoisotopic (exact) mass is 739 g/mol. The normalized spacial score (nSPS) is 16.8. The van der Waals surface area contributed by atoms with Gasteiger partial charge in [-0.15, -0.1) is 0 Å². The molecule has 1 saturated heterocycles. The molecule has 0 saturated carbocycles. The molecule has 1 aliphatic rings. The number of carboxylic acid groups (broad SMARTS) is 1. The number of alkyl carbamates (subject to hydrolysis) is 1. The van der Waals surface area contributed by atoms with E-state index in [-0.39, 0.29) is 52.4 Å². The number of likely N-dealkylation sites (tertiary alicyclic amines) is 1. The number of imidazole rings is 1. The standard InChI is InChI=1S/C33H44F3N7O7S/c1-32(2,3)50-31(46)37-12-6-8-26-29(51-33(34,35)36)42-13-7-9-25(27(42)40-26)39-24-10-14-41(4)21-22(24)11-16-48-18-19-49-17-15-43-28(47-5)23(20-38-43)30(44)45/h7,9,13,20,22,24,39H,10-12,14-19,21H2,1-5H3,(H,37,46)(H,44,45)/t22-,24-/m0/s1. The number of nitrogens with zero attached hydrogens (tertiary/aromatic N) is 5. The number of nitrogens with one attached hydrogen (secondary N) is 2. The molecule has 0 unspecified atom stereocenters. The molecule has 4 heterocycles. The van der Waals surface area contributed by atoms with Gasteiger partial charge in [0.2, 0.25) is 5.88 Å². The van der Waals surface area contributed by atoms with Crippen LogP contribution in [0.4, 0.5) is 23.7 Å². The maximum absolute atomic E-state index is 13.6. The van der Waals surface area contributed by atoms with Gasteiger partial charge in [0.25, 0.3) is 0 Å². The van der Waals surface area contributed by atoms with Crippen LogP contribution in [0.5, 0.6) is 5.88 Å². The molecule has 3 N–H and O–H groups in total. The quantitative estimate of drug-likeness (QED) is 0.114. The van der Waals surface area contributed by atoms with Crippen LogP contribution in [0.3, 0.4) is 0 Å². The fraction of sp³-hybridized carbons (Fsp3) is 0.576. The lowest BCUT2D eigenvalue weighted by molar-refractivity contribution is -0.0330. The molecule has 1 amide bonds. The Hall–Kier alpha value is -4.18. The molecule has 0 aliphatic carbocycles. The van der Waals surface area contributed by atoms with Crippen LogP contribution in [0.1, 0.15) is 49.7 Å². The molecule has 2 atom stereocenters. The summed E-state index contributed by atoms with van der Waals surface area (Å²) in [6, 6.07) is 3.46. The average Bonchev–Trinajstić information content (AvgIpc) is 3.61. The molecule has 1 fully saturated rings. The van der Waals surface area contributed by atoms with E-state index in [0.29, 0.717) is 44.3 Å². The molecule has 0 aromatic carbocycles. The fourth-order valence-electron chi connectivity index (χ4n) is 5.51. The number of carbonyl (C=O) groups excluding carboxylic acids is 1. The number of hydrogen-bond acceptors (Lipinski definition) is 11. The number of alkyl halides is 3.